The van der Waals surface area contributed by atoms with Crippen LogP contribution in [0.15, 0.2) is 30.3 Å². The van der Waals surface area contributed by atoms with Crippen molar-refractivity contribution in [3.63, 3.8) is 0 Å². The van der Waals surface area contributed by atoms with Gasteiger partial charge in [-0.3, -0.25) is 9.59 Å². The summed E-state index contributed by atoms with van der Waals surface area (Å²) in [5, 5.41) is 15.1. The smallest absolute Gasteiger partial charge is 0.408 e. The molecule has 182 valence electrons. The average Bonchev–Trinajstić information content (AvgIpc) is 2.64. The van der Waals surface area contributed by atoms with E-state index < -0.39 is 41.1 Å². The lowest BCUT2D eigenvalue weighted by molar-refractivity contribution is -0.142. The Labute approximate surface area is 197 Å². The van der Waals surface area contributed by atoms with Gasteiger partial charge in [0, 0.05) is 5.54 Å². The molecule has 1 rings (SSSR count). The molecular weight excluding hydrogens is 420 g/mol. The third-order valence-electron chi connectivity index (χ3n) is 4.39. The Balaban J connectivity index is 3.40. The fourth-order valence-electron chi connectivity index (χ4n) is 3.26. The summed E-state index contributed by atoms with van der Waals surface area (Å²) in [6, 6.07) is 8.84. The van der Waals surface area contributed by atoms with Crippen molar-refractivity contribution >= 4 is 17.9 Å². The number of nitrogens with zero attached hydrogens (tertiary/aromatic N) is 2. The van der Waals surface area contributed by atoms with Crippen molar-refractivity contribution in [2.75, 3.05) is 6.54 Å². The van der Waals surface area contributed by atoms with Crippen molar-refractivity contribution in [3.8, 4) is 6.07 Å². The number of hydrogen-bond donors (Lipinski definition) is 2. The molecule has 8 heteroatoms. The Morgan fingerprint density at radius 3 is 2.09 bits per heavy atom. The lowest BCUT2D eigenvalue weighted by Gasteiger charge is -2.35. The van der Waals surface area contributed by atoms with E-state index in [0.29, 0.717) is 12.0 Å². The van der Waals surface area contributed by atoms with E-state index in [1.165, 1.54) is 4.90 Å². The lowest BCUT2D eigenvalue weighted by Crippen LogP contribution is -2.55. The standard InChI is InChI=1S/C25H38N4O4/c1-17(2)16-19(27-23(32)33-25(6,7)8)22(31)29(15-14-26)20(18-12-10-9-11-13-18)21(30)28-24(3,4)5/h9-13,17,19-20H,15-16H2,1-8H3,(H,27,32)(H,28,30). The first kappa shape index (κ1) is 28.0. The quantitative estimate of drug-likeness (QED) is 0.573. The first-order chi connectivity index (χ1) is 15.1. The van der Waals surface area contributed by atoms with Crippen LogP contribution in [0, 0.1) is 17.2 Å². The van der Waals surface area contributed by atoms with Gasteiger partial charge in [-0.1, -0.05) is 44.2 Å². The molecule has 33 heavy (non-hydrogen) atoms. The van der Waals surface area contributed by atoms with Gasteiger partial charge in [-0.2, -0.15) is 5.26 Å². The van der Waals surface area contributed by atoms with Gasteiger partial charge >= 0.3 is 6.09 Å². The highest BCUT2D eigenvalue weighted by atomic mass is 16.6. The van der Waals surface area contributed by atoms with Crippen LogP contribution in [0.1, 0.15) is 73.4 Å². The van der Waals surface area contributed by atoms with Crippen molar-refractivity contribution < 1.29 is 19.1 Å². The molecule has 2 atom stereocenters. The van der Waals surface area contributed by atoms with Gasteiger partial charge < -0.3 is 20.3 Å². The summed E-state index contributed by atoms with van der Waals surface area (Å²) in [6.45, 7) is 14.3. The van der Waals surface area contributed by atoms with Gasteiger partial charge in [0.25, 0.3) is 0 Å². The number of alkyl carbamates (subject to hydrolysis) is 1. The molecule has 0 aliphatic carbocycles. The topological polar surface area (TPSA) is 112 Å². The average molecular weight is 459 g/mol. The zero-order chi connectivity index (χ0) is 25.4. The third kappa shape index (κ3) is 9.94. The maximum Gasteiger partial charge on any atom is 0.408 e. The van der Waals surface area contributed by atoms with Crippen LogP contribution in [0.3, 0.4) is 0 Å². The van der Waals surface area contributed by atoms with Crippen LogP contribution in [0.5, 0.6) is 0 Å². The van der Waals surface area contributed by atoms with Gasteiger partial charge in [0.2, 0.25) is 11.8 Å². The maximum atomic E-state index is 13.7. The van der Waals surface area contributed by atoms with Crippen molar-refractivity contribution in [2.24, 2.45) is 5.92 Å². The van der Waals surface area contributed by atoms with E-state index in [9.17, 15) is 19.6 Å². The minimum absolute atomic E-state index is 0.0661. The predicted molar refractivity (Wildman–Crippen MR) is 127 cm³/mol. The SMILES string of the molecule is CC(C)CC(NC(=O)OC(C)(C)C)C(=O)N(CC#N)C(C(=O)NC(C)(C)C)c1ccccc1. The largest absolute Gasteiger partial charge is 0.444 e. The monoisotopic (exact) mass is 458 g/mol. The Kier molecular flexibility index (Phi) is 9.90. The van der Waals surface area contributed by atoms with Crippen LogP contribution in [0.4, 0.5) is 4.79 Å². The van der Waals surface area contributed by atoms with E-state index >= 15 is 0 Å². The van der Waals surface area contributed by atoms with Crippen LogP contribution < -0.4 is 10.6 Å². The van der Waals surface area contributed by atoms with Crippen LogP contribution in [0.25, 0.3) is 0 Å². The van der Waals surface area contributed by atoms with Gasteiger partial charge in [0.1, 0.15) is 24.2 Å². The number of carbonyl (C=O) groups excluding carboxylic acids is 3. The molecule has 0 radical (unpaired) electrons. The molecule has 0 aliphatic heterocycles. The third-order valence-corrected chi connectivity index (χ3v) is 4.39. The van der Waals surface area contributed by atoms with Gasteiger partial charge in [-0.15, -0.1) is 0 Å². The summed E-state index contributed by atoms with van der Waals surface area (Å²) in [4.78, 5) is 40.7. The molecule has 0 fully saturated rings. The van der Waals surface area contributed by atoms with Gasteiger partial charge in [-0.05, 0) is 59.4 Å². The number of ether oxygens (including phenoxy) is 1. The number of hydrogen-bond acceptors (Lipinski definition) is 5. The molecule has 3 amide bonds. The van der Waals surface area contributed by atoms with Gasteiger partial charge in [0.05, 0.1) is 6.07 Å². The second-order valence-electron chi connectivity index (χ2n) is 10.5. The molecule has 2 N–H and O–H groups in total. The summed E-state index contributed by atoms with van der Waals surface area (Å²) in [5.74, 6) is -0.858. The highest BCUT2D eigenvalue weighted by Crippen LogP contribution is 2.24. The van der Waals surface area contributed by atoms with Crippen molar-refractivity contribution in [1.82, 2.24) is 15.5 Å². The number of rotatable bonds is 8. The van der Waals surface area contributed by atoms with E-state index in [0.717, 1.165) is 0 Å². The molecule has 8 nitrogen and oxygen atoms in total. The van der Waals surface area contributed by atoms with Crippen LogP contribution >= 0.6 is 0 Å². The molecule has 0 saturated heterocycles. The zero-order valence-corrected chi connectivity index (χ0v) is 21.1. The number of nitrogens with one attached hydrogen (secondary N) is 2. The molecule has 1 aromatic rings. The molecule has 0 saturated carbocycles. The van der Waals surface area contributed by atoms with Crippen molar-refractivity contribution in [3.05, 3.63) is 35.9 Å². The van der Waals surface area contributed by atoms with Gasteiger partial charge in [0.15, 0.2) is 0 Å². The number of amides is 3. The summed E-state index contributed by atoms with van der Waals surface area (Å²) in [5.41, 5.74) is -0.707. The van der Waals surface area contributed by atoms with E-state index in [2.05, 4.69) is 10.6 Å². The summed E-state index contributed by atoms with van der Waals surface area (Å²) >= 11 is 0. The number of nitriles is 1. The normalized spacial score (nSPS) is 13.5. The number of carbonyl (C=O) groups is 3. The van der Waals surface area contributed by atoms with Crippen LogP contribution in [0.2, 0.25) is 0 Å². The highest BCUT2D eigenvalue weighted by molar-refractivity contribution is 5.92. The Morgan fingerprint density at radius 2 is 1.64 bits per heavy atom. The minimum Gasteiger partial charge on any atom is -0.444 e. The highest BCUT2D eigenvalue weighted by Gasteiger charge is 2.37. The zero-order valence-electron chi connectivity index (χ0n) is 21.1. The first-order valence-electron chi connectivity index (χ1n) is 11.2. The Morgan fingerprint density at radius 1 is 1.06 bits per heavy atom. The molecule has 1 aromatic carbocycles. The van der Waals surface area contributed by atoms with Crippen molar-refractivity contribution in [2.45, 2.75) is 85.0 Å². The fraction of sp³-hybridized carbons (Fsp3) is 0.600. The fourth-order valence-corrected chi connectivity index (χ4v) is 3.26. The summed E-state index contributed by atoms with van der Waals surface area (Å²) < 4.78 is 5.33. The maximum absolute atomic E-state index is 13.7. The minimum atomic E-state index is -1.03. The second kappa shape index (κ2) is 11.7. The van der Waals surface area contributed by atoms with E-state index in [4.69, 9.17) is 4.74 Å². The predicted octanol–water partition coefficient (Wildman–Crippen LogP) is 3.93. The Hall–Kier alpha value is -3.08. The van der Waals surface area contributed by atoms with E-state index in [-0.39, 0.29) is 12.5 Å². The molecule has 0 heterocycles. The molecule has 0 aliphatic rings. The van der Waals surface area contributed by atoms with Gasteiger partial charge in [-0.25, -0.2) is 4.79 Å². The second-order valence-corrected chi connectivity index (χ2v) is 10.5. The Bertz CT molecular complexity index is 848. The molecule has 2 unspecified atom stereocenters. The molecule has 0 bridgehead atoms. The number of benzene rings is 1. The van der Waals surface area contributed by atoms with E-state index in [1.54, 1.807) is 45.0 Å². The molecule has 0 spiro atoms. The summed E-state index contributed by atoms with van der Waals surface area (Å²) in [7, 11) is 0. The molecule has 0 aromatic heterocycles. The van der Waals surface area contributed by atoms with E-state index in [1.807, 2.05) is 46.8 Å². The molecular formula is C25H38N4O4. The van der Waals surface area contributed by atoms with Crippen molar-refractivity contribution in [1.29, 1.82) is 5.26 Å². The van der Waals surface area contributed by atoms with Crippen LogP contribution in [-0.2, 0) is 14.3 Å². The summed E-state index contributed by atoms with van der Waals surface area (Å²) in [6.07, 6.45) is -0.406. The first-order valence-corrected chi connectivity index (χ1v) is 11.2. The van der Waals surface area contributed by atoms with Crippen LogP contribution in [-0.4, -0.2) is 46.5 Å². The lowest BCUT2D eigenvalue weighted by atomic mass is 9.98.